The molecule has 0 aromatic heterocycles. The van der Waals surface area contributed by atoms with Gasteiger partial charge in [0.2, 0.25) is 29.5 Å². The molecule has 2 aromatic rings. The predicted octanol–water partition coefficient (Wildman–Crippen LogP) is -0.800. The molecular weight excluding hydrogens is 560 g/mol. The van der Waals surface area contributed by atoms with E-state index < -0.39 is 41.4 Å². The van der Waals surface area contributed by atoms with Gasteiger partial charge >= 0.3 is 0 Å². The van der Waals surface area contributed by atoms with E-state index in [1.165, 1.54) is 0 Å². The summed E-state index contributed by atoms with van der Waals surface area (Å²) in [5.41, 5.74) is 7.15. The molecule has 1 aliphatic heterocycles. The molecule has 5 amide bonds. The fraction of sp³-hybridized carbons (Fsp3) is 0.345. The molecule has 3 rings (SSSR count). The maximum Gasteiger partial charge on any atom is 0.293 e. The normalized spacial score (nSPS) is 15.0. The predicted molar refractivity (Wildman–Crippen MR) is 153 cm³/mol. The number of likely N-dealkylation sites (tertiary alicyclic amines) is 1. The summed E-state index contributed by atoms with van der Waals surface area (Å²) in [6.45, 7) is 0.842. The molecule has 0 spiro atoms. The molecule has 2 atom stereocenters. The molecule has 1 heterocycles. The minimum Gasteiger partial charge on any atom is -0.463 e. The molecule has 2 aromatic carbocycles. The first-order chi connectivity index (χ1) is 20.7. The van der Waals surface area contributed by atoms with Gasteiger partial charge in [-0.25, -0.2) is 10.9 Å². The maximum absolute atomic E-state index is 13.0. The Hall–Kier alpha value is -4.95. The van der Waals surface area contributed by atoms with Crippen molar-refractivity contribution < 1.29 is 38.3 Å². The number of Topliss-reactive ketones (excluding diaryl/α,β-unsaturated/α-hetero) is 1. The Morgan fingerprint density at radius 1 is 0.930 bits per heavy atom. The van der Waals surface area contributed by atoms with Crippen molar-refractivity contribution in [2.75, 3.05) is 31.5 Å². The number of ketones is 1. The van der Waals surface area contributed by atoms with E-state index in [0.29, 0.717) is 12.2 Å². The van der Waals surface area contributed by atoms with Crippen LogP contribution in [0.25, 0.3) is 0 Å². The quantitative estimate of drug-likeness (QED) is 0.0670. The Balaban J connectivity index is 1.45. The first kappa shape index (κ1) is 32.6. The van der Waals surface area contributed by atoms with Crippen molar-refractivity contribution in [1.29, 1.82) is 0 Å². The summed E-state index contributed by atoms with van der Waals surface area (Å²) < 4.78 is 4.68. The summed E-state index contributed by atoms with van der Waals surface area (Å²) in [6.07, 6.45) is 0.237. The van der Waals surface area contributed by atoms with Crippen LogP contribution >= 0.6 is 0 Å². The summed E-state index contributed by atoms with van der Waals surface area (Å²) in [7, 11) is 0. The molecule has 1 unspecified atom stereocenters. The number of amides is 5. The molecule has 1 fully saturated rings. The summed E-state index contributed by atoms with van der Waals surface area (Å²) in [5, 5.41) is 7.80. The molecule has 14 nitrogen and oxygen atoms in total. The first-order valence-electron chi connectivity index (χ1n) is 13.5. The maximum atomic E-state index is 13.0. The Morgan fingerprint density at radius 2 is 1.63 bits per heavy atom. The summed E-state index contributed by atoms with van der Waals surface area (Å²) in [5.74, 6) is -3.27. The highest BCUT2D eigenvalue weighted by Crippen LogP contribution is 2.18. The number of hydrogen-bond acceptors (Lipinski definition) is 10. The molecule has 1 aliphatic rings. The topological polar surface area (TPSA) is 192 Å². The number of anilines is 1. The SMILES string of the molecule is CC1CC(=O)N(CC(=O)CNNCC(=O)N[C@@H](Cc2ccccc2)C(=O)NCC(=O)Nc2ccc(COC=O)cc2)C1=O. The lowest BCUT2D eigenvalue weighted by atomic mass is 10.1. The third kappa shape index (κ3) is 10.8. The van der Waals surface area contributed by atoms with Crippen LogP contribution < -0.4 is 26.8 Å². The van der Waals surface area contributed by atoms with Crippen LogP contribution in [-0.4, -0.2) is 78.9 Å². The van der Waals surface area contributed by atoms with E-state index in [1.807, 2.05) is 6.07 Å². The minimum atomic E-state index is -1.00. The van der Waals surface area contributed by atoms with Crippen LogP contribution in [-0.2, 0) is 51.3 Å². The number of imide groups is 1. The van der Waals surface area contributed by atoms with Gasteiger partial charge in [0, 0.05) is 24.4 Å². The van der Waals surface area contributed by atoms with Crippen molar-refractivity contribution in [1.82, 2.24) is 26.4 Å². The van der Waals surface area contributed by atoms with Gasteiger partial charge in [-0.3, -0.25) is 38.5 Å². The number of benzene rings is 2. The van der Waals surface area contributed by atoms with E-state index in [0.717, 1.165) is 16.0 Å². The third-order valence-corrected chi connectivity index (χ3v) is 6.38. The van der Waals surface area contributed by atoms with Gasteiger partial charge in [-0.15, -0.1) is 0 Å². The van der Waals surface area contributed by atoms with Gasteiger partial charge in [0.1, 0.15) is 12.6 Å². The second-order valence-electron chi connectivity index (χ2n) is 9.85. The van der Waals surface area contributed by atoms with Gasteiger partial charge < -0.3 is 20.7 Å². The Labute approximate surface area is 247 Å². The van der Waals surface area contributed by atoms with Crippen LogP contribution in [0.4, 0.5) is 5.69 Å². The standard InChI is InChI=1S/C29H34N6O8/c1-19-11-27(40)35(29(19)42)16-23(37)13-31-32-15-26(39)34-24(12-20-5-3-2-4-6-20)28(41)30-14-25(38)33-22-9-7-21(8-10-22)17-43-18-36/h2-10,18-19,24,31-32H,11-17H2,1H3,(H,30,41)(H,33,38)(H,34,39)/t19?,24-/m0/s1. The van der Waals surface area contributed by atoms with Crippen LogP contribution in [0.5, 0.6) is 0 Å². The van der Waals surface area contributed by atoms with Crippen LogP contribution in [0, 0.1) is 5.92 Å². The van der Waals surface area contributed by atoms with Gasteiger partial charge in [-0.05, 0) is 23.3 Å². The average Bonchev–Trinajstić information content (AvgIpc) is 3.23. The molecule has 5 N–H and O–H groups in total. The number of ether oxygens (including phenoxy) is 1. The van der Waals surface area contributed by atoms with Gasteiger partial charge in [-0.1, -0.05) is 49.4 Å². The smallest absolute Gasteiger partial charge is 0.293 e. The number of nitrogens with zero attached hydrogens (tertiary/aromatic N) is 1. The van der Waals surface area contributed by atoms with E-state index in [9.17, 15) is 33.6 Å². The molecule has 0 bridgehead atoms. The van der Waals surface area contributed by atoms with Crippen molar-refractivity contribution in [2.45, 2.75) is 32.4 Å². The van der Waals surface area contributed by atoms with E-state index in [-0.39, 0.29) is 51.5 Å². The van der Waals surface area contributed by atoms with Gasteiger partial charge in [-0.2, -0.15) is 0 Å². The zero-order chi connectivity index (χ0) is 31.2. The number of rotatable bonds is 17. The number of carbonyl (C=O) groups is 7. The molecular formula is C29H34N6O8. The van der Waals surface area contributed by atoms with E-state index in [1.54, 1.807) is 55.5 Å². The highest BCUT2D eigenvalue weighted by molar-refractivity contribution is 6.06. The molecule has 0 radical (unpaired) electrons. The van der Waals surface area contributed by atoms with Crippen molar-refractivity contribution in [3.63, 3.8) is 0 Å². The summed E-state index contributed by atoms with van der Waals surface area (Å²) in [4.78, 5) is 85.1. The zero-order valence-corrected chi connectivity index (χ0v) is 23.6. The number of hydrogen-bond donors (Lipinski definition) is 5. The molecule has 228 valence electrons. The Morgan fingerprint density at radius 3 is 2.28 bits per heavy atom. The second-order valence-corrected chi connectivity index (χ2v) is 9.85. The Kier molecular flexibility index (Phi) is 12.5. The third-order valence-electron chi connectivity index (χ3n) is 6.38. The van der Waals surface area contributed by atoms with Crippen LogP contribution in [0.2, 0.25) is 0 Å². The van der Waals surface area contributed by atoms with E-state index in [2.05, 4.69) is 31.5 Å². The highest BCUT2D eigenvalue weighted by Gasteiger charge is 2.36. The van der Waals surface area contributed by atoms with Crippen molar-refractivity contribution in [2.24, 2.45) is 5.92 Å². The fourth-order valence-corrected chi connectivity index (χ4v) is 4.17. The summed E-state index contributed by atoms with van der Waals surface area (Å²) in [6, 6.07) is 14.6. The highest BCUT2D eigenvalue weighted by atomic mass is 16.5. The lowest BCUT2D eigenvalue weighted by molar-refractivity contribution is -0.142. The lowest BCUT2D eigenvalue weighted by Crippen LogP contribution is -2.52. The van der Waals surface area contributed by atoms with Gasteiger partial charge in [0.05, 0.1) is 26.2 Å². The van der Waals surface area contributed by atoms with Crippen LogP contribution in [0.3, 0.4) is 0 Å². The minimum absolute atomic E-state index is 0.0780. The lowest BCUT2D eigenvalue weighted by Gasteiger charge is -2.19. The number of carbonyl (C=O) groups excluding carboxylic acids is 7. The van der Waals surface area contributed by atoms with Crippen molar-refractivity contribution in [3.8, 4) is 0 Å². The molecule has 1 saturated heterocycles. The van der Waals surface area contributed by atoms with Gasteiger partial charge in [0.25, 0.3) is 6.47 Å². The Bertz CT molecular complexity index is 1320. The molecule has 14 heteroatoms. The molecule has 0 aliphatic carbocycles. The largest absolute Gasteiger partial charge is 0.463 e. The number of nitrogens with one attached hydrogen (secondary N) is 5. The van der Waals surface area contributed by atoms with E-state index in [4.69, 9.17) is 0 Å². The van der Waals surface area contributed by atoms with Crippen molar-refractivity contribution in [3.05, 3.63) is 65.7 Å². The zero-order valence-electron chi connectivity index (χ0n) is 23.6. The fourth-order valence-electron chi connectivity index (χ4n) is 4.17. The summed E-state index contributed by atoms with van der Waals surface area (Å²) >= 11 is 0. The van der Waals surface area contributed by atoms with Crippen LogP contribution in [0.1, 0.15) is 24.5 Å². The second kappa shape index (κ2) is 16.5. The average molecular weight is 595 g/mol. The van der Waals surface area contributed by atoms with Gasteiger partial charge in [0.15, 0.2) is 5.78 Å². The first-order valence-corrected chi connectivity index (χ1v) is 13.5. The number of hydrazine groups is 1. The van der Waals surface area contributed by atoms with Crippen LogP contribution in [0.15, 0.2) is 54.6 Å². The monoisotopic (exact) mass is 594 g/mol. The van der Waals surface area contributed by atoms with Crippen molar-refractivity contribution >= 4 is 47.5 Å². The molecule has 43 heavy (non-hydrogen) atoms. The van der Waals surface area contributed by atoms with E-state index >= 15 is 0 Å². The molecule has 0 saturated carbocycles.